The lowest BCUT2D eigenvalue weighted by Crippen LogP contribution is -1.91. The molecule has 0 radical (unpaired) electrons. The second kappa shape index (κ2) is 4.70. The summed E-state index contributed by atoms with van der Waals surface area (Å²) in [6.45, 7) is 1.52. The molecule has 86 valence electrons. The fourth-order valence-electron chi connectivity index (χ4n) is 1.44. The molecule has 2 aromatic rings. The van der Waals surface area contributed by atoms with Crippen LogP contribution in [0.25, 0.3) is 0 Å². The normalized spacial score (nSPS) is 9.94. The first-order valence-electron chi connectivity index (χ1n) is 5.23. The molecule has 0 aromatic heterocycles. The Morgan fingerprint density at radius 1 is 1.06 bits per heavy atom. The van der Waals surface area contributed by atoms with Crippen molar-refractivity contribution in [1.82, 2.24) is 0 Å². The summed E-state index contributed by atoms with van der Waals surface area (Å²) in [6, 6.07) is 13.4. The number of carbonyl (C=O) groups is 1. The lowest BCUT2D eigenvalue weighted by atomic mass is 10.1. The van der Waals surface area contributed by atoms with Crippen LogP contribution in [0.4, 0.5) is 0 Å². The van der Waals surface area contributed by atoms with Crippen molar-refractivity contribution in [2.75, 3.05) is 0 Å². The van der Waals surface area contributed by atoms with Gasteiger partial charge in [-0.25, -0.2) is 0 Å². The molecule has 0 unspecified atom stereocenters. The van der Waals surface area contributed by atoms with Gasteiger partial charge in [0.25, 0.3) is 0 Å². The van der Waals surface area contributed by atoms with Crippen molar-refractivity contribution >= 4 is 5.78 Å². The van der Waals surface area contributed by atoms with Crippen molar-refractivity contribution in [2.45, 2.75) is 6.92 Å². The zero-order valence-corrected chi connectivity index (χ0v) is 9.38. The Kier molecular flexibility index (Phi) is 3.10. The molecule has 0 atom stereocenters. The molecule has 1 N–H and O–H groups in total. The quantitative estimate of drug-likeness (QED) is 0.819. The molecule has 3 nitrogen and oxygen atoms in total. The Hall–Kier alpha value is -2.29. The summed E-state index contributed by atoms with van der Waals surface area (Å²) in [5.74, 6) is 1.36. The van der Waals surface area contributed by atoms with Crippen LogP contribution in [0.3, 0.4) is 0 Å². The molecule has 0 bridgehead atoms. The molecule has 0 aliphatic heterocycles. The van der Waals surface area contributed by atoms with Crippen molar-refractivity contribution in [3.8, 4) is 17.2 Å². The number of carbonyl (C=O) groups excluding carboxylic acids is 1. The Balaban J connectivity index is 2.16. The molecule has 0 fully saturated rings. The van der Waals surface area contributed by atoms with Gasteiger partial charge in [-0.05, 0) is 43.3 Å². The molecular formula is C14H12O3. The van der Waals surface area contributed by atoms with E-state index in [1.807, 2.05) is 0 Å². The number of phenolic OH excluding ortho intramolecular Hbond substituents is 1. The average Bonchev–Trinajstić information content (AvgIpc) is 2.29. The number of hydrogen-bond donors (Lipinski definition) is 1. The van der Waals surface area contributed by atoms with Gasteiger partial charge in [0.15, 0.2) is 5.78 Å². The summed E-state index contributed by atoms with van der Waals surface area (Å²) in [5, 5.41) is 9.28. The fourth-order valence-corrected chi connectivity index (χ4v) is 1.44. The van der Waals surface area contributed by atoms with Gasteiger partial charge in [0.2, 0.25) is 0 Å². The summed E-state index contributed by atoms with van der Waals surface area (Å²) < 4.78 is 5.52. The minimum Gasteiger partial charge on any atom is -0.508 e. The maximum absolute atomic E-state index is 11.1. The molecule has 17 heavy (non-hydrogen) atoms. The largest absolute Gasteiger partial charge is 0.508 e. The number of hydrogen-bond acceptors (Lipinski definition) is 3. The third-order valence-electron chi connectivity index (χ3n) is 2.31. The van der Waals surface area contributed by atoms with E-state index >= 15 is 0 Å². The molecule has 2 aromatic carbocycles. The molecule has 0 saturated carbocycles. The maximum Gasteiger partial charge on any atom is 0.159 e. The van der Waals surface area contributed by atoms with Crippen molar-refractivity contribution in [3.05, 3.63) is 54.1 Å². The van der Waals surface area contributed by atoms with Gasteiger partial charge in [-0.15, -0.1) is 0 Å². The van der Waals surface area contributed by atoms with Crippen LogP contribution in [0.2, 0.25) is 0 Å². The Bertz CT molecular complexity index is 529. The number of aromatic hydroxyl groups is 1. The van der Waals surface area contributed by atoms with Crippen molar-refractivity contribution in [2.24, 2.45) is 0 Å². The lowest BCUT2D eigenvalue weighted by molar-refractivity contribution is 0.101. The van der Waals surface area contributed by atoms with Crippen LogP contribution >= 0.6 is 0 Å². The average molecular weight is 228 g/mol. The second-order valence-electron chi connectivity index (χ2n) is 3.68. The molecule has 2 rings (SSSR count). The highest BCUT2D eigenvalue weighted by atomic mass is 16.5. The number of benzene rings is 2. The van der Waals surface area contributed by atoms with Crippen molar-refractivity contribution < 1.29 is 14.6 Å². The smallest absolute Gasteiger partial charge is 0.159 e. The van der Waals surface area contributed by atoms with Gasteiger partial charge in [0, 0.05) is 11.6 Å². The summed E-state index contributed by atoms with van der Waals surface area (Å²) in [5.41, 5.74) is 0.647. The van der Waals surface area contributed by atoms with Gasteiger partial charge in [-0.2, -0.15) is 0 Å². The van der Waals surface area contributed by atoms with E-state index in [0.29, 0.717) is 17.1 Å². The first-order valence-corrected chi connectivity index (χ1v) is 5.23. The van der Waals surface area contributed by atoms with Crippen molar-refractivity contribution in [1.29, 1.82) is 0 Å². The molecule has 0 aliphatic rings. The Labute approximate surface area is 99.3 Å². The molecular weight excluding hydrogens is 216 g/mol. The highest BCUT2D eigenvalue weighted by Crippen LogP contribution is 2.24. The molecule has 0 aliphatic carbocycles. The number of Topliss-reactive ketones (excluding diaryl/α,β-unsaturated/α-hetero) is 1. The van der Waals surface area contributed by atoms with Crippen LogP contribution in [0, 0.1) is 0 Å². The number of rotatable bonds is 3. The highest BCUT2D eigenvalue weighted by molar-refractivity contribution is 5.94. The van der Waals surface area contributed by atoms with E-state index in [9.17, 15) is 9.90 Å². The summed E-state index contributed by atoms with van der Waals surface area (Å²) in [6.07, 6.45) is 0. The van der Waals surface area contributed by atoms with Crippen LogP contribution in [0.1, 0.15) is 17.3 Å². The van der Waals surface area contributed by atoms with E-state index in [1.165, 1.54) is 13.0 Å². The first kappa shape index (κ1) is 11.2. The van der Waals surface area contributed by atoms with E-state index in [1.54, 1.807) is 42.5 Å². The van der Waals surface area contributed by atoms with E-state index in [4.69, 9.17) is 4.74 Å². The summed E-state index contributed by atoms with van der Waals surface area (Å²) >= 11 is 0. The maximum atomic E-state index is 11.1. The minimum absolute atomic E-state index is 0.0221. The van der Waals surface area contributed by atoms with Gasteiger partial charge < -0.3 is 9.84 Å². The molecule has 0 heterocycles. The lowest BCUT2D eigenvalue weighted by Gasteiger charge is -2.06. The topological polar surface area (TPSA) is 46.5 Å². The van der Waals surface area contributed by atoms with E-state index in [0.717, 1.165) is 0 Å². The molecule has 0 spiro atoms. The number of ketones is 1. The SMILES string of the molecule is CC(=O)c1ccc(Oc2cccc(O)c2)cc1. The van der Waals surface area contributed by atoms with Gasteiger partial charge in [0.1, 0.15) is 17.2 Å². The van der Waals surface area contributed by atoms with Crippen LogP contribution < -0.4 is 4.74 Å². The van der Waals surface area contributed by atoms with Crippen LogP contribution in [-0.4, -0.2) is 10.9 Å². The fraction of sp³-hybridized carbons (Fsp3) is 0.0714. The minimum atomic E-state index is 0.0221. The first-order chi connectivity index (χ1) is 8.15. The predicted octanol–water partition coefficient (Wildman–Crippen LogP) is 3.39. The van der Waals surface area contributed by atoms with Crippen LogP contribution in [0.15, 0.2) is 48.5 Å². The van der Waals surface area contributed by atoms with E-state index < -0.39 is 0 Å². The van der Waals surface area contributed by atoms with E-state index in [-0.39, 0.29) is 11.5 Å². The Morgan fingerprint density at radius 3 is 2.35 bits per heavy atom. The zero-order valence-electron chi connectivity index (χ0n) is 9.38. The molecule has 3 heteroatoms. The third kappa shape index (κ3) is 2.84. The summed E-state index contributed by atoms with van der Waals surface area (Å²) in [7, 11) is 0. The Morgan fingerprint density at radius 2 is 1.76 bits per heavy atom. The number of phenols is 1. The zero-order chi connectivity index (χ0) is 12.3. The summed E-state index contributed by atoms with van der Waals surface area (Å²) in [4.78, 5) is 11.1. The predicted molar refractivity (Wildman–Crippen MR) is 64.6 cm³/mol. The standard InChI is InChI=1S/C14H12O3/c1-10(15)11-5-7-13(8-6-11)17-14-4-2-3-12(16)9-14/h2-9,16H,1H3. The van der Waals surface area contributed by atoms with Gasteiger partial charge >= 0.3 is 0 Å². The van der Waals surface area contributed by atoms with Crippen LogP contribution in [0.5, 0.6) is 17.2 Å². The molecule has 0 saturated heterocycles. The van der Waals surface area contributed by atoms with Crippen molar-refractivity contribution in [3.63, 3.8) is 0 Å². The van der Waals surface area contributed by atoms with Crippen LogP contribution in [-0.2, 0) is 0 Å². The third-order valence-corrected chi connectivity index (χ3v) is 2.31. The van der Waals surface area contributed by atoms with Gasteiger partial charge in [-0.3, -0.25) is 4.79 Å². The monoisotopic (exact) mass is 228 g/mol. The number of ether oxygens (including phenoxy) is 1. The van der Waals surface area contributed by atoms with Gasteiger partial charge in [-0.1, -0.05) is 6.07 Å². The highest BCUT2D eigenvalue weighted by Gasteiger charge is 2.01. The second-order valence-corrected chi connectivity index (χ2v) is 3.68. The van der Waals surface area contributed by atoms with E-state index in [2.05, 4.69) is 0 Å². The molecule has 0 amide bonds. The van der Waals surface area contributed by atoms with Gasteiger partial charge in [0.05, 0.1) is 0 Å².